The SMILES string of the molecule is C=Cc1c(C=C)c(C(C)(C)CC)c2cc(COCC=C(F)F)ccc2c1C(C)(C)CC. The van der Waals surface area contributed by atoms with Crippen LogP contribution in [0.2, 0.25) is 0 Å². The number of ether oxygens (including phenoxy) is 1. The molecule has 3 heteroatoms. The Morgan fingerprint density at radius 3 is 1.87 bits per heavy atom. The quantitative estimate of drug-likeness (QED) is 0.345. The van der Waals surface area contributed by atoms with E-state index < -0.39 is 6.08 Å². The topological polar surface area (TPSA) is 9.23 Å². The van der Waals surface area contributed by atoms with Crippen molar-refractivity contribution >= 4 is 22.9 Å². The Labute approximate surface area is 186 Å². The maximum Gasteiger partial charge on any atom is 0.268 e. The molecule has 0 aromatic heterocycles. The Kier molecular flexibility index (Phi) is 7.99. The minimum atomic E-state index is -1.72. The molecule has 0 N–H and O–H groups in total. The van der Waals surface area contributed by atoms with Crippen molar-refractivity contribution in [3.8, 4) is 0 Å². The van der Waals surface area contributed by atoms with Gasteiger partial charge in [-0.3, -0.25) is 0 Å². The highest BCUT2D eigenvalue weighted by atomic mass is 19.3. The first-order valence-corrected chi connectivity index (χ1v) is 11.0. The fraction of sp³-hybridized carbons (Fsp3) is 0.429. The predicted octanol–water partition coefficient (Wildman–Crippen LogP) is 8.80. The highest BCUT2D eigenvalue weighted by molar-refractivity contribution is 5.97. The molecule has 0 saturated heterocycles. The van der Waals surface area contributed by atoms with E-state index in [1.165, 1.54) is 21.9 Å². The third-order valence-corrected chi connectivity index (χ3v) is 6.61. The van der Waals surface area contributed by atoms with Gasteiger partial charge in [0.1, 0.15) is 0 Å². The lowest BCUT2D eigenvalue weighted by Gasteiger charge is -2.34. The van der Waals surface area contributed by atoms with Gasteiger partial charge in [0.25, 0.3) is 6.08 Å². The number of fused-ring (bicyclic) bond motifs is 1. The first kappa shape index (κ1) is 25.0. The van der Waals surface area contributed by atoms with E-state index in [-0.39, 0.29) is 24.0 Å². The summed E-state index contributed by atoms with van der Waals surface area (Å²) in [6.45, 7) is 21.9. The Morgan fingerprint density at radius 1 is 0.903 bits per heavy atom. The van der Waals surface area contributed by atoms with Gasteiger partial charge in [0.15, 0.2) is 0 Å². The molecule has 0 aliphatic carbocycles. The van der Waals surface area contributed by atoms with E-state index in [9.17, 15) is 8.78 Å². The van der Waals surface area contributed by atoms with Gasteiger partial charge in [-0.05, 0) is 68.3 Å². The van der Waals surface area contributed by atoms with Gasteiger partial charge in [-0.15, -0.1) is 0 Å². The third-order valence-electron chi connectivity index (χ3n) is 6.61. The van der Waals surface area contributed by atoms with Crippen molar-refractivity contribution in [3.05, 3.63) is 71.3 Å². The molecule has 1 nitrogen and oxygen atoms in total. The molecular formula is C28H36F2O. The van der Waals surface area contributed by atoms with Gasteiger partial charge >= 0.3 is 0 Å². The van der Waals surface area contributed by atoms with Crippen molar-refractivity contribution in [1.82, 2.24) is 0 Å². The van der Waals surface area contributed by atoms with Gasteiger partial charge in [0.2, 0.25) is 0 Å². The van der Waals surface area contributed by atoms with Crippen molar-refractivity contribution in [2.45, 2.75) is 71.8 Å². The van der Waals surface area contributed by atoms with E-state index in [1.807, 2.05) is 18.2 Å². The fourth-order valence-corrected chi connectivity index (χ4v) is 4.20. The van der Waals surface area contributed by atoms with Gasteiger partial charge in [-0.25, -0.2) is 0 Å². The van der Waals surface area contributed by atoms with E-state index in [4.69, 9.17) is 4.74 Å². The van der Waals surface area contributed by atoms with Crippen LogP contribution in [-0.4, -0.2) is 6.61 Å². The standard InChI is InChI=1S/C28H36F2O/c1-9-20-21(10-2)26(28(7,8)12-4)23-17-19(18-31-16-15-24(29)30)13-14-22(23)25(20)27(5,6)11-3/h9-10,13-15,17H,1-2,11-12,16,18H2,3-8H3. The van der Waals surface area contributed by atoms with Crippen molar-refractivity contribution < 1.29 is 13.5 Å². The van der Waals surface area contributed by atoms with Gasteiger partial charge in [0, 0.05) is 6.08 Å². The number of hydrogen-bond acceptors (Lipinski definition) is 1. The highest BCUT2D eigenvalue weighted by Gasteiger charge is 2.31. The van der Waals surface area contributed by atoms with E-state index in [0.717, 1.165) is 35.6 Å². The zero-order valence-electron chi connectivity index (χ0n) is 19.9. The van der Waals surface area contributed by atoms with Gasteiger partial charge < -0.3 is 4.74 Å². The van der Waals surface area contributed by atoms with Crippen LogP contribution in [0.25, 0.3) is 22.9 Å². The lowest BCUT2D eigenvalue weighted by molar-refractivity contribution is 0.146. The van der Waals surface area contributed by atoms with E-state index in [0.29, 0.717) is 0 Å². The van der Waals surface area contributed by atoms with E-state index in [1.54, 1.807) is 0 Å². The van der Waals surface area contributed by atoms with Crippen LogP contribution in [0.1, 0.15) is 82.2 Å². The smallest absolute Gasteiger partial charge is 0.268 e. The molecule has 0 unspecified atom stereocenters. The summed E-state index contributed by atoms with van der Waals surface area (Å²) in [5.41, 5.74) is 5.66. The molecular weight excluding hydrogens is 390 g/mol. The first-order valence-electron chi connectivity index (χ1n) is 11.0. The van der Waals surface area contributed by atoms with Crippen molar-refractivity contribution in [3.63, 3.8) is 0 Å². The summed E-state index contributed by atoms with van der Waals surface area (Å²) >= 11 is 0. The number of rotatable bonds is 10. The summed E-state index contributed by atoms with van der Waals surface area (Å²) < 4.78 is 30.1. The summed E-state index contributed by atoms with van der Waals surface area (Å²) in [5.74, 6) is 0. The lowest BCUT2D eigenvalue weighted by Crippen LogP contribution is -2.23. The Morgan fingerprint density at radius 2 is 1.42 bits per heavy atom. The van der Waals surface area contributed by atoms with Crippen molar-refractivity contribution in [2.24, 2.45) is 0 Å². The number of benzene rings is 2. The minimum absolute atomic E-state index is 0.0457. The van der Waals surface area contributed by atoms with Crippen LogP contribution in [0, 0.1) is 0 Å². The molecule has 0 saturated carbocycles. The average Bonchev–Trinajstić information content (AvgIpc) is 2.74. The molecule has 0 bridgehead atoms. The number of hydrogen-bond donors (Lipinski definition) is 0. The predicted molar refractivity (Wildman–Crippen MR) is 131 cm³/mol. The van der Waals surface area contributed by atoms with Crippen LogP contribution >= 0.6 is 0 Å². The molecule has 0 radical (unpaired) electrons. The van der Waals surface area contributed by atoms with Crippen LogP contribution in [0.4, 0.5) is 8.78 Å². The van der Waals surface area contributed by atoms with Crippen LogP contribution in [0.3, 0.4) is 0 Å². The molecule has 0 aliphatic rings. The largest absolute Gasteiger partial charge is 0.373 e. The van der Waals surface area contributed by atoms with E-state index >= 15 is 0 Å². The molecule has 2 rings (SSSR count). The Bertz CT molecular complexity index is 992. The molecule has 0 atom stereocenters. The minimum Gasteiger partial charge on any atom is -0.373 e. The van der Waals surface area contributed by atoms with Gasteiger partial charge in [-0.2, -0.15) is 8.78 Å². The maximum absolute atomic E-state index is 12.3. The Balaban J connectivity index is 2.87. The molecule has 2 aromatic rings. The normalized spacial score (nSPS) is 12.1. The Hall–Kier alpha value is -2.26. The lowest BCUT2D eigenvalue weighted by atomic mass is 9.69. The first-order chi connectivity index (χ1) is 14.5. The molecule has 31 heavy (non-hydrogen) atoms. The monoisotopic (exact) mass is 426 g/mol. The molecule has 0 aliphatic heterocycles. The second-order valence-corrected chi connectivity index (χ2v) is 9.35. The van der Waals surface area contributed by atoms with Crippen molar-refractivity contribution in [2.75, 3.05) is 6.61 Å². The summed E-state index contributed by atoms with van der Waals surface area (Å²) in [6, 6.07) is 6.35. The second-order valence-electron chi connectivity index (χ2n) is 9.35. The van der Waals surface area contributed by atoms with Crippen LogP contribution < -0.4 is 0 Å². The second kappa shape index (κ2) is 9.91. The average molecular weight is 427 g/mol. The highest BCUT2D eigenvalue weighted by Crippen LogP contribution is 2.45. The zero-order valence-corrected chi connectivity index (χ0v) is 19.9. The van der Waals surface area contributed by atoms with E-state index in [2.05, 4.69) is 66.8 Å². The molecule has 2 aromatic carbocycles. The van der Waals surface area contributed by atoms with Crippen LogP contribution in [-0.2, 0) is 22.2 Å². The summed E-state index contributed by atoms with van der Waals surface area (Å²) in [5, 5.41) is 2.39. The van der Waals surface area contributed by atoms with Crippen molar-refractivity contribution in [1.29, 1.82) is 0 Å². The third kappa shape index (κ3) is 5.15. The number of halogens is 2. The molecule has 0 heterocycles. The van der Waals surface area contributed by atoms with Crippen LogP contribution in [0.15, 0.2) is 43.5 Å². The summed E-state index contributed by atoms with van der Waals surface area (Å²) in [6.07, 6.45) is 4.95. The summed E-state index contributed by atoms with van der Waals surface area (Å²) in [4.78, 5) is 0. The summed E-state index contributed by atoms with van der Waals surface area (Å²) in [7, 11) is 0. The maximum atomic E-state index is 12.3. The zero-order chi connectivity index (χ0) is 23.4. The van der Waals surface area contributed by atoms with Crippen LogP contribution in [0.5, 0.6) is 0 Å². The fourth-order valence-electron chi connectivity index (χ4n) is 4.20. The molecule has 0 spiro atoms. The van der Waals surface area contributed by atoms with Gasteiger partial charge in [-0.1, -0.05) is 79.0 Å². The molecule has 168 valence electrons. The van der Waals surface area contributed by atoms with Gasteiger partial charge in [0.05, 0.1) is 13.2 Å². The molecule has 0 amide bonds. The molecule has 0 fully saturated rings.